The zero-order valence-electron chi connectivity index (χ0n) is 17.2. The summed E-state index contributed by atoms with van der Waals surface area (Å²) in [6, 6.07) is 16.1. The van der Waals surface area contributed by atoms with Crippen molar-refractivity contribution in [3.8, 4) is 5.75 Å². The molecule has 3 N–H and O–H groups in total. The molecule has 0 saturated carbocycles. The molecule has 1 aliphatic heterocycles. The maximum absolute atomic E-state index is 12.0. The third-order valence-corrected chi connectivity index (χ3v) is 4.97. The topological polar surface area (TPSA) is 74.8 Å². The minimum Gasteiger partial charge on any atom is -0.494 e. The fourth-order valence-electron chi connectivity index (χ4n) is 3.39. The van der Waals surface area contributed by atoms with E-state index in [9.17, 15) is 4.79 Å². The number of benzene rings is 2. The number of anilines is 1. The van der Waals surface area contributed by atoms with Crippen LogP contribution < -0.4 is 20.7 Å². The molecular formula is C23H30N4O2. The number of carbonyl (C=O) groups is 1. The first kappa shape index (κ1) is 20.7. The van der Waals surface area contributed by atoms with E-state index in [2.05, 4.69) is 46.1 Å². The van der Waals surface area contributed by atoms with Crippen LogP contribution in [0.3, 0.4) is 0 Å². The van der Waals surface area contributed by atoms with Crippen LogP contribution in [0.15, 0.2) is 53.5 Å². The van der Waals surface area contributed by atoms with E-state index in [1.54, 1.807) is 7.05 Å². The summed E-state index contributed by atoms with van der Waals surface area (Å²) in [6.45, 7) is 4.18. The summed E-state index contributed by atoms with van der Waals surface area (Å²) >= 11 is 0. The van der Waals surface area contributed by atoms with E-state index in [-0.39, 0.29) is 11.8 Å². The lowest BCUT2D eigenvalue weighted by molar-refractivity contribution is -0.116. The fraction of sp³-hybridized carbons (Fsp3) is 0.391. The van der Waals surface area contributed by atoms with Crippen molar-refractivity contribution in [2.24, 2.45) is 4.99 Å². The van der Waals surface area contributed by atoms with Crippen LogP contribution in [-0.4, -0.2) is 32.1 Å². The van der Waals surface area contributed by atoms with Gasteiger partial charge in [-0.1, -0.05) is 43.7 Å². The summed E-state index contributed by atoms with van der Waals surface area (Å²) in [5.41, 5.74) is 3.19. The molecule has 1 amide bonds. The number of aliphatic imine (C=N–C) groups is 1. The molecule has 2 aromatic carbocycles. The van der Waals surface area contributed by atoms with Gasteiger partial charge in [-0.05, 0) is 35.7 Å². The third kappa shape index (κ3) is 5.98. The SMILES string of the molecule is CCCCOc1cccc(CNC(=NC)NCC2CC(=O)Nc3ccccc32)c1. The lowest BCUT2D eigenvalue weighted by atomic mass is 9.90. The lowest BCUT2D eigenvalue weighted by Gasteiger charge is -2.26. The van der Waals surface area contributed by atoms with Crippen LogP contribution in [0.25, 0.3) is 0 Å². The molecule has 0 radical (unpaired) electrons. The predicted molar refractivity (Wildman–Crippen MR) is 117 cm³/mol. The molecule has 0 aliphatic carbocycles. The Balaban J connectivity index is 1.53. The first-order valence-corrected chi connectivity index (χ1v) is 10.2. The van der Waals surface area contributed by atoms with Crippen molar-refractivity contribution >= 4 is 17.6 Å². The Bertz CT molecular complexity index is 850. The quantitative estimate of drug-likeness (QED) is 0.363. The normalized spacial score (nSPS) is 16.0. The molecule has 1 aliphatic rings. The Morgan fingerprint density at radius 2 is 2.07 bits per heavy atom. The molecule has 29 heavy (non-hydrogen) atoms. The summed E-state index contributed by atoms with van der Waals surface area (Å²) in [5, 5.41) is 9.63. The van der Waals surface area contributed by atoms with Gasteiger partial charge in [0.25, 0.3) is 0 Å². The first-order chi connectivity index (χ1) is 14.2. The summed E-state index contributed by atoms with van der Waals surface area (Å²) in [4.78, 5) is 16.3. The van der Waals surface area contributed by atoms with Gasteiger partial charge in [-0.25, -0.2) is 0 Å². The second-order valence-electron chi connectivity index (χ2n) is 7.19. The van der Waals surface area contributed by atoms with Gasteiger partial charge in [-0.3, -0.25) is 9.79 Å². The molecule has 1 atom stereocenters. The molecule has 6 heteroatoms. The van der Waals surface area contributed by atoms with Gasteiger partial charge >= 0.3 is 0 Å². The van der Waals surface area contributed by atoms with E-state index >= 15 is 0 Å². The van der Waals surface area contributed by atoms with E-state index in [0.29, 0.717) is 25.5 Å². The number of hydrogen-bond donors (Lipinski definition) is 3. The highest BCUT2D eigenvalue weighted by Gasteiger charge is 2.24. The monoisotopic (exact) mass is 394 g/mol. The molecule has 1 unspecified atom stereocenters. The number of hydrogen-bond acceptors (Lipinski definition) is 3. The van der Waals surface area contributed by atoms with Crippen molar-refractivity contribution in [1.82, 2.24) is 10.6 Å². The number of rotatable bonds is 8. The van der Waals surface area contributed by atoms with Gasteiger partial charge in [0.05, 0.1) is 6.61 Å². The Hall–Kier alpha value is -3.02. The van der Waals surface area contributed by atoms with Crippen LogP contribution in [0.2, 0.25) is 0 Å². The molecule has 0 fully saturated rings. The minimum absolute atomic E-state index is 0.0540. The van der Waals surface area contributed by atoms with Gasteiger partial charge in [0.1, 0.15) is 5.75 Å². The Kier molecular flexibility index (Phi) is 7.50. The second kappa shape index (κ2) is 10.5. The van der Waals surface area contributed by atoms with Crippen molar-refractivity contribution in [3.05, 3.63) is 59.7 Å². The largest absolute Gasteiger partial charge is 0.494 e. The number of carbonyl (C=O) groups excluding carboxylic acids is 1. The van der Waals surface area contributed by atoms with Gasteiger partial charge in [-0.15, -0.1) is 0 Å². The van der Waals surface area contributed by atoms with Crippen LogP contribution in [0.4, 0.5) is 5.69 Å². The van der Waals surface area contributed by atoms with Crippen LogP contribution in [-0.2, 0) is 11.3 Å². The van der Waals surface area contributed by atoms with Crippen molar-refractivity contribution in [1.29, 1.82) is 0 Å². The number of nitrogens with one attached hydrogen (secondary N) is 3. The number of unbranched alkanes of at least 4 members (excludes halogenated alkanes) is 1. The standard InChI is InChI=1S/C23H30N4O2/c1-3-4-12-29-19-9-7-8-17(13-19)15-25-23(24-2)26-16-18-14-22(28)27-21-11-6-5-10-20(18)21/h5-11,13,18H,3-4,12,14-16H2,1-2H3,(H,27,28)(H2,24,25,26). The predicted octanol–water partition coefficient (Wildman–Crippen LogP) is 3.66. The molecule has 1 heterocycles. The summed E-state index contributed by atoms with van der Waals surface area (Å²) < 4.78 is 5.78. The van der Waals surface area contributed by atoms with E-state index < -0.39 is 0 Å². The lowest BCUT2D eigenvalue weighted by Crippen LogP contribution is -2.40. The number of fused-ring (bicyclic) bond motifs is 1. The fourth-order valence-corrected chi connectivity index (χ4v) is 3.39. The number of nitrogens with zero attached hydrogens (tertiary/aromatic N) is 1. The Labute approximate surface area is 172 Å². The molecular weight excluding hydrogens is 364 g/mol. The van der Waals surface area contributed by atoms with Gasteiger partial charge in [-0.2, -0.15) is 0 Å². The Morgan fingerprint density at radius 1 is 1.21 bits per heavy atom. The third-order valence-electron chi connectivity index (χ3n) is 4.97. The molecule has 0 bridgehead atoms. The minimum atomic E-state index is 0.0540. The number of guanidine groups is 1. The average molecular weight is 395 g/mol. The van der Waals surface area contributed by atoms with E-state index in [4.69, 9.17) is 4.74 Å². The van der Waals surface area contributed by atoms with Gasteiger partial charge in [0, 0.05) is 38.2 Å². The van der Waals surface area contributed by atoms with Crippen LogP contribution >= 0.6 is 0 Å². The first-order valence-electron chi connectivity index (χ1n) is 10.2. The molecule has 154 valence electrons. The average Bonchev–Trinajstić information content (AvgIpc) is 2.74. The highest BCUT2D eigenvalue weighted by atomic mass is 16.5. The number of para-hydroxylation sites is 1. The van der Waals surface area contributed by atoms with Crippen LogP contribution in [0.1, 0.15) is 43.2 Å². The van der Waals surface area contributed by atoms with Gasteiger partial charge in [0.15, 0.2) is 5.96 Å². The van der Waals surface area contributed by atoms with Crippen molar-refractivity contribution in [2.45, 2.75) is 38.6 Å². The molecule has 3 rings (SSSR count). The summed E-state index contributed by atoms with van der Waals surface area (Å²) in [5.74, 6) is 1.78. The van der Waals surface area contributed by atoms with Crippen molar-refractivity contribution in [3.63, 3.8) is 0 Å². The highest BCUT2D eigenvalue weighted by molar-refractivity contribution is 5.94. The second-order valence-corrected chi connectivity index (χ2v) is 7.19. The smallest absolute Gasteiger partial charge is 0.225 e. The number of ether oxygens (including phenoxy) is 1. The van der Waals surface area contributed by atoms with Gasteiger partial charge in [0.2, 0.25) is 5.91 Å². The number of amides is 1. The zero-order valence-corrected chi connectivity index (χ0v) is 17.2. The van der Waals surface area contributed by atoms with Crippen molar-refractivity contribution in [2.75, 3.05) is 25.5 Å². The van der Waals surface area contributed by atoms with Crippen molar-refractivity contribution < 1.29 is 9.53 Å². The van der Waals surface area contributed by atoms with Gasteiger partial charge < -0.3 is 20.7 Å². The van der Waals surface area contributed by atoms with E-state index in [1.807, 2.05) is 30.3 Å². The molecule has 0 aromatic heterocycles. The Morgan fingerprint density at radius 3 is 2.90 bits per heavy atom. The van der Waals surface area contributed by atoms with Crippen LogP contribution in [0.5, 0.6) is 5.75 Å². The highest BCUT2D eigenvalue weighted by Crippen LogP contribution is 2.31. The van der Waals surface area contributed by atoms with E-state index in [0.717, 1.165) is 42.0 Å². The molecule has 2 aromatic rings. The maximum atomic E-state index is 12.0. The van der Waals surface area contributed by atoms with E-state index in [1.165, 1.54) is 0 Å². The van der Waals surface area contributed by atoms with Crippen LogP contribution in [0, 0.1) is 0 Å². The molecule has 6 nitrogen and oxygen atoms in total. The summed E-state index contributed by atoms with van der Waals surface area (Å²) in [7, 11) is 1.75. The maximum Gasteiger partial charge on any atom is 0.225 e. The summed E-state index contributed by atoms with van der Waals surface area (Å²) in [6.07, 6.45) is 2.65. The molecule has 0 spiro atoms. The molecule has 0 saturated heterocycles. The zero-order chi connectivity index (χ0) is 20.5.